The van der Waals surface area contributed by atoms with Gasteiger partial charge in [0.2, 0.25) is 10.0 Å². The van der Waals surface area contributed by atoms with E-state index in [1.807, 2.05) is 52.0 Å². The van der Waals surface area contributed by atoms with Crippen LogP contribution in [0.4, 0.5) is 5.69 Å². The molecule has 0 atom stereocenters. The third-order valence-electron chi connectivity index (χ3n) is 3.97. The van der Waals surface area contributed by atoms with Crippen molar-refractivity contribution in [1.82, 2.24) is 0 Å². The van der Waals surface area contributed by atoms with Crippen LogP contribution in [0.15, 0.2) is 24.3 Å². The van der Waals surface area contributed by atoms with Gasteiger partial charge in [-0.3, -0.25) is 4.72 Å². The molecule has 0 unspecified atom stereocenters. The Morgan fingerprint density at radius 3 is 2.17 bits per heavy atom. The summed E-state index contributed by atoms with van der Waals surface area (Å²) in [4.78, 5) is 0. The van der Waals surface area contributed by atoms with Crippen LogP contribution in [0, 0.1) is 12.3 Å². The number of benzene rings is 1. The van der Waals surface area contributed by atoms with Gasteiger partial charge in [0.05, 0.1) is 10.4 Å². The monoisotopic (exact) mass is 267 g/mol. The third kappa shape index (κ3) is 2.03. The molecule has 0 aliphatic heterocycles. The van der Waals surface area contributed by atoms with Crippen LogP contribution in [-0.2, 0) is 10.0 Å². The maximum atomic E-state index is 12.6. The van der Waals surface area contributed by atoms with Crippen molar-refractivity contribution in [3.63, 3.8) is 0 Å². The fraction of sp³-hybridized carbons (Fsp3) is 0.571. The highest BCUT2D eigenvalue weighted by molar-refractivity contribution is 7.94. The fourth-order valence-electron chi connectivity index (χ4n) is 2.47. The molecule has 1 aliphatic carbocycles. The first-order valence-corrected chi connectivity index (χ1v) is 7.76. The molecule has 1 fully saturated rings. The van der Waals surface area contributed by atoms with E-state index in [1.165, 1.54) is 0 Å². The average Bonchev–Trinajstić information content (AvgIpc) is 3.01. The summed E-state index contributed by atoms with van der Waals surface area (Å²) in [5.41, 5.74) is 1.40. The number of sulfonamides is 1. The van der Waals surface area contributed by atoms with Crippen molar-refractivity contribution in [1.29, 1.82) is 0 Å². The molecule has 1 aromatic carbocycles. The topological polar surface area (TPSA) is 46.2 Å². The molecule has 0 bridgehead atoms. The normalized spacial score (nSPS) is 18.4. The Bertz CT molecular complexity index is 551. The van der Waals surface area contributed by atoms with Crippen LogP contribution < -0.4 is 4.72 Å². The molecule has 4 heteroatoms. The zero-order valence-electron chi connectivity index (χ0n) is 11.4. The van der Waals surface area contributed by atoms with E-state index in [0.29, 0.717) is 5.69 Å². The van der Waals surface area contributed by atoms with Gasteiger partial charge in [0, 0.05) is 0 Å². The Labute approximate surface area is 110 Å². The third-order valence-corrected chi connectivity index (χ3v) is 6.51. The fourth-order valence-corrected chi connectivity index (χ4v) is 4.62. The second kappa shape index (κ2) is 3.98. The summed E-state index contributed by atoms with van der Waals surface area (Å²) in [5, 5.41) is 0. The van der Waals surface area contributed by atoms with Gasteiger partial charge in [0.15, 0.2) is 0 Å². The van der Waals surface area contributed by atoms with Crippen LogP contribution in [0.3, 0.4) is 0 Å². The van der Waals surface area contributed by atoms with Crippen molar-refractivity contribution in [3.05, 3.63) is 29.8 Å². The maximum absolute atomic E-state index is 12.6. The highest BCUT2D eigenvalue weighted by atomic mass is 32.2. The summed E-state index contributed by atoms with van der Waals surface area (Å²) in [6.07, 6.45) is 1.50. The van der Waals surface area contributed by atoms with Gasteiger partial charge in [-0.25, -0.2) is 8.42 Å². The number of anilines is 1. The molecule has 1 N–H and O–H groups in total. The van der Waals surface area contributed by atoms with Gasteiger partial charge in [-0.05, 0) is 36.8 Å². The highest BCUT2D eigenvalue weighted by Gasteiger charge is 2.62. The molecule has 0 heterocycles. The molecular weight excluding hydrogens is 246 g/mol. The smallest absolute Gasteiger partial charge is 0.239 e. The SMILES string of the molecule is Cc1ccccc1NS(=O)(=O)C1(C(C)(C)C)CC1. The van der Waals surface area contributed by atoms with Crippen molar-refractivity contribution in [2.45, 2.75) is 45.3 Å². The molecule has 2 rings (SSSR count). The summed E-state index contributed by atoms with van der Waals surface area (Å²) in [6.45, 7) is 7.90. The highest BCUT2D eigenvalue weighted by Crippen LogP contribution is 2.56. The summed E-state index contributed by atoms with van der Waals surface area (Å²) in [7, 11) is -3.33. The molecule has 1 saturated carbocycles. The van der Waals surface area contributed by atoms with E-state index in [9.17, 15) is 8.42 Å². The minimum atomic E-state index is -3.33. The first kappa shape index (κ1) is 13.4. The summed E-state index contributed by atoms with van der Waals surface area (Å²) >= 11 is 0. The van der Waals surface area contributed by atoms with Crippen LogP contribution in [0.5, 0.6) is 0 Å². The van der Waals surface area contributed by atoms with Crippen molar-refractivity contribution in [3.8, 4) is 0 Å². The molecule has 0 saturated heterocycles. The van der Waals surface area contributed by atoms with Crippen LogP contribution >= 0.6 is 0 Å². The Morgan fingerprint density at radius 2 is 1.72 bits per heavy atom. The first-order chi connectivity index (χ1) is 8.20. The van der Waals surface area contributed by atoms with Gasteiger partial charge in [-0.1, -0.05) is 39.0 Å². The molecule has 0 spiro atoms. The summed E-state index contributed by atoms with van der Waals surface area (Å²) in [5.74, 6) is 0. The Balaban J connectivity index is 2.33. The number of hydrogen-bond donors (Lipinski definition) is 1. The van der Waals surface area contributed by atoms with Crippen LogP contribution in [0.25, 0.3) is 0 Å². The lowest BCUT2D eigenvalue weighted by Gasteiger charge is -2.31. The molecule has 0 radical (unpaired) electrons. The van der Waals surface area contributed by atoms with Gasteiger partial charge in [0.25, 0.3) is 0 Å². The number of aryl methyl sites for hydroxylation is 1. The Hall–Kier alpha value is -1.03. The van der Waals surface area contributed by atoms with E-state index in [-0.39, 0.29) is 5.41 Å². The van der Waals surface area contributed by atoms with Crippen LogP contribution in [-0.4, -0.2) is 13.2 Å². The lowest BCUT2D eigenvalue weighted by atomic mass is 9.90. The van der Waals surface area contributed by atoms with Gasteiger partial charge < -0.3 is 0 Å². The number of para-hydroxylation sites is 1. The largest absolute Gasteiger partial charge is 0.283 e. The lowest BCUT2D eigenvalue weighted by Crippen LogP contribution is -2.40. The minimum absolute atomic E-state index is 0.235. The Kier molecular flexibility index (Phi) is 2.97. The zero-order chi connectivity index (χ0) is 13.6. The molecular formula is C14H21NO2S. The van der Waals surface area contributed by atoms with Crippen LogP contribution in [0.1, 0.15) is 39.2 Å². The molecule has 0 amide bonds. The van der Waals surface area contributed by atoms with Gasteiger partial charge >= 0.3 is 0 Å². The standard InChI is InChI=1S/C14H21NO2S/c1-11-7-5-6-8-12(11)15-18(16,17)14(9-10-14)13(2,3)4/h5-8,15H,9-10H2,1-4H3. The summed E-state index contributed by atoms with van der Waals surface area (Å²) < 4.78 is 27.3. The first-order valence-electron chi connectivity index (χ1n) is 6.28. The van der Waals surface area contributed by atoms with Gasteiger partial charge in [-0.2, -0.15) is 0 Å². The summed E-state index contributed by atoms with van der Waals surface area (Å²) in [6, 6.07) is 7.48. The van der Waals surface area contributed by atoms with E-state index < -0.39 is 14.8 Å². The molecule has 1 aliphatic rings. The predicted octanol–water partition coefficient (Wildman–Crippen LogP) is 3.32. The van der Waals surface area contributed by atoms with E-state index in [2.05, 4.69) is 4.72 Å². The van der Waals surface area contributed by atoms with E-state index in [0.717, 1.165) is 18.4 Å². The van der Waals surface area contributed by atoms with Gasteiger partial charge in [0.1, 0.15) is 0 Å². The number of nitrogens with one attached hydrogen (secondary N) is 1. The van der Waals surface area contributed by atoms with Gasteiger partial charge in [-0.15, -0.1) is 0 Å². The van der Waals surface area contributed by atoms with E-state index in [4.69, 9.17) is 0 Å². The van der Waals surface area contributed by atoms with E-state index in [1.54, 1.807) is 0 Å². The Morgan fingerprint density at radius 1 is 1.17 bits per heavy atom. The zero-order valence-corrected chi connectivity index (χ0v) is 12.3. The van der Waals surface area contributed by atoms with Crippen molar-refractivity contribution in [2.24, 2.45) is 5.41 Å². The van der Waals surface area contributed by atoms with Crippen molar-refractivity contribution < 1.29 is 8.42 Å². The molecule has 0 aromatic heterocycles. The predicted molar refractivity (Wildman–Crippen MR) is 75.1 cm³/mol. The van der Waals surface area contributed by atoms with Crippen molar-refractivity contribution >= 4 is 15.7 Å². The maximum Gasteiger partial charge on any atom is 0.239 e. The quantitative estimate of drug-likeness (QED) is 0.913. The lowest BCUT2D eigenvalue weighted by molar-refractivity contribution is 0.363. The molecule has 100 valence electrons. The average molecular weight is 267 g/mol. The minimum Gasteiger partial charge on any atom is -0.283 e. The number of rotatable bonds is 3. The molecule has 1 aromatic rings. The van der Waals surface area contributed by atoms with E-state index >= 15 is 0 Å². The van der Waals surface area contributed by atoms with Crippen LogP contribution in [0.2, 0.25) is 0 Å². The molecule has 18 heavy (non-hydrogen) atoms. The second-order valence-corrected chi connectivity index (χ2v) is 8.16. The number of hydrogen-bond acceptors (Lipinski definition) is 2. The van der Waals surface area contributed by atoms with Crippen molar-refractivity contribution in [2.75, 3.05) is 4.72 Å². The molecule has 3 nitrogen and oxygen atoms in total. The second-order valence-electron chi connectivity index (χ2n) is 6.16.